The molecule has 0 fully saturated rings. The van der Waals surface area contributed by atoms with Gasteiger partial charge in [0.05, 0.1) is 0 Å². The van der Waals surface area contributed by atoms with Crippen LogP contribution in [-0.2, 0) is 0 Å². The molecule has 0 atom stereocenters. The molecule has 0 saturated carbocycles. The van der Waals surface area contributed by atoms with Gasteiger partial charge in [-0.15, -0.1) is 0 Å². The maximum absolute atomic E-state index is 8.44. The van der Waals surface area contributed by atoms with Gasteiger partial charge in [0, 0.05) is 5.69 Å². The highest BCUT2D eigenvalue weighted by atomic mass is 16.4. The summed E-state index contributed by atoms with van der Waals surface area (Å²) < 4.78 is 0. The molecule has 0 heterocycles. The molecule has 13 heavy (non-hydrogen) atoms. The highest BCUT2D eigenvalue weighted by molar-refractivity contribution is 6.34. The van der Waals surface area contributed by atoms with Crippen molar-refractivity contribution in [3.05, 3.63) is 30.3 Å². The van der Waals surface area contributed by atoms with Crippen LogP contribution in [0.4, 0.5) is 5.69 Å². The SMILES string of the molecule is ON=CC(=NO)Nc1ccccc1. The maximum Gasteiger partial charge on any atom is 0.191 e. The van der Waals surface area contributed by atoms with E-state index in [0.717, 1.165) is 11.9 Å². The van der Waals surface area contributed by atoms with Crippen LogP contribution in [0.1, 0.15) is 0 Å². The molecule has 0 amide bonds. The van der Waals surface area contributed by atoms with Gasteiger partial charge in [-0.2, -0.15) is 0 Å². The second kappa shape index (κ2) is 4.76. The maximum atomic E-state index is 8.44. The van der Waals surface area contributed by atoms with Gasteiger partial charge in [-0.05, 0) is 12.1 Å². The molecule has 1 rings (SSSR count). The lowest BCUT2D eigenvalue weighted by atomic mass is 10.3. The molecule has 68 valence electrons. The van der Waals surface area contributed by atoms with Gasteiger partial charge in [-0.1, -0.05) is 28.5 Å². The second-order valence-corrected chi connectivity index (χ2v) is 2.22. The number of nitrogens with zero attached hydrogens (tertiary/aromatic N) is 2. The van der Waals surface area contributed by atoms with Crippen LogP contribution in [0, 0.1) is 0 Å². The van der Waals surface area contributed by atoms with Crippen molar-refractivity contribution in [2.24, 2.45) is 10.3 Å². The molecule has 0 unspecified atom stereocenters. The Hall–Kier alpha value is -2.04. The molecular formula is C8H9N3O2. The van der Waals surface area contributed by atoms with Gasteiger partial charge in [0.2, 0.25) is 0 Å². The Morgan fingerprint density at radius 1 is 1.23 bits per heavy atom. The molecule has 0 aliphatic heterocycles. The lowest BCUT2D eigenvalue weighted by molar-refractivity contribution is 0.316. The highest BCUT2D eigenvalue weighted by Gasteiger charge is 1.95. The standard InChI is InChI=1S/C8H9N3O2/c12-9-6-8(11-13)10-7-4-2-1-3-5-7/h1-6,12-13H,(H,10,11). The van der Waals surface area contributed by atoms with Gasteiger partial charge in [-0.25, -0.2) is 0 Å². The number of hydrogen-bond donors (Lipinski definition) is 3. The summed E-state index contributed by atoms with van der Waals surface area (Å²) in [5, 5.41) is 24.9. The minimum absolute atomic E-state index is 0.0636. The summed E-state index contributed by atoms with van der Waals surface area (Å²) in [5.41, 5.74) is 0.746. The predicted molar refractivity (Wildman–Crippen MR) is 49.6 cm³/mol. The summed E-state index contributed by atoms with van der Waals surface area (Å²) >= 11 is 0. The molecule has 0 bridgehead atoms. The van der Waals surface area contributed by atoms with E-state index in [4.69, 9.17) is 10.4 Å². The summed E-state index contributed by atoms with van der Waals surface area (Å²) in [7, 11) is 0. The number of anilines is 1. The van der Waals surface area contributed by atoms with Gasteiger partial charge in [0.15, 0.2) is 5.84 Å². The molecule has 0 aliphatic carbocycles. The van der Waals surface area contributed by atoms with Crippen molar-refractivity contribution in [3.63, 3.8) is 0 Å². The molecule has 0 radical (unpaired) electrons. The van der Waals surface area contributed by atoms with E-state index in [2.05, 4.69) is 15.6 Å². The van der Waals surface area contributed by atoms with Crippen molar-refractivity contribution in [2.75, 3.05) is 5.32 Å². The molecule has 1 aromatic carbocycles. The zero-order valence-electron chi connectivity index (χ0n) is 6.75. The summed E-state index contributed by atoms with van der Waals surface area (Å²) in [6.07, 6.45) is 0.993. The average molecular weight is 179 g/mol. The van der Waals surface area contributed by atoms with Crippen LogP contribution in [0.25, 0.3) is 0 Å². The second-order valence-electron chi connectivity index (χ2n) is 2.22. The molecule has 0 saturated heterocycles. The summed E-state index contributed by atoms with van der Waals surface area (Å²) in [6.45, 7) is 0. The van der Waals surface area contributed by atoms with Crippen LogP contribution >= 0.6 is 0 Å². The zero-order valence-corrected chi connectivity index (χ0v) is 6.75. The largest absolute Gasteiger partial charge is 0.411 e. The molecule has 0 spiro atoms. The first-order valence-corrected chi connectivity index (χ1v) is 3.58. The Kier molecular flexibility index (Phi) is 3.31. The number of para-hydroxylation sites is 1. The molecule has 5 heteroatoms. The minimum Gasteiger partial charge on any atom is -0.411 e. The number of nitrogens with one attached hydrogen (secondary N) is 1. The van der Waals surface area contributed by atoms with Crippen LogP contribution < -0.4 is 5.32 Å². The van der Waals surface area contributed by atoms with E-state index in [1.807, 2.05) is 18.2 Å². The summed E-state index contributed by atoms with van der Waals surface area (Å²) in [5.74, 6) is 0.0636. The Balaban J connectivity index is 2.68. The van der Waals surface area contributed by atoms with E-state index in [1.54, 1.807) is 12.1 Å². The van der Waals surface area contributed by atoms with Gasteiger partial charge < -0.3 is 15.7 Å². The van der Waals surface area contributed by atoms with E-state index in [9.17, 15) is 0 Å². The quantitative estimate of drug-likeness (QED) is 0.277. The fraction of sp³-hybridized carbons (Fsp3) is 0. The Bertz CT molecular complexity index is 308. The third-order valence-electron chi connectivity index (χ3n) is 1.33. The van der Waals surface area contributed by atoms with Crippen molar-refractivity contribution < 1.29 is 10.4 Å². The third-order valence-corrected chi connectivity index (χ3v) is 1.33. The molecular weight excluding hydrogens is 170 g/mol. The van der Waals surface area contributed by atoms with Crippen LogP contribution in [0.15, 0.2) is 40.6 Å². The van der Waals surface area contributed by atoms with Crippen molar-refractivity contribution in [2.45, 2.75) is 0 Å². The normalized spacial score (nSPS) is 11.8. The van der Waals surface area contributed by atoms with Gasteiger partial charge >= 0.3 is 0 Å². The van der Waals surface area contributed by atoms with Crippen molar-refractivity contribution in [3.8, 4) is 0 Å². The van der Waals surface area contributed by atoms with Crippen LogP contribution in [0.3, 0.4) is 0 Å². The minimum atomic E-state index is 0.0636. The number of rotatable bonds is 2. The van der Waals surface area contributed by atoms with E-state index in [-0.39, 0.29) is 5.84 Å². The lowest BCUT2D eigenvalue weighted by Gasteiger charge is -2.01. The van der Waals surface area contributed by atoms with Gasteiger partial charge in [0.1, 0.15) is 6.21 Å². The Labute approximate surface area is 75.0 Å². The van der Waals surface area contributed by atoms with Gasteiger partial charge in [0.25, 0.3) is 0 Å². The number of oxime groups is 2. The van der Waals surface area contributed by atoms with Crippen LogP contribution in [0.2, 0.25) is 0 Å². The Morgan fingerprint density at radius 2 is 1.92 bits per heavy atom. The molecule has 0 aromatic heterocycles. The zero-order chi connectivity index (χ0) is 9.52. The van der Waals surface area contributed by atoms with E-state index < -0.39 is 0 Å². The highest BCUT2D eigenvalue weighted by Crippen LogP contribution is 2.04. The van der Waals surface area contributed by atoms with E-state index >= 15 is 0 Å². The van der Waals surface area contributed by atoms with Crippen molar-refractivity contribution in [1.82, 2.24) is 0 Å². The smallest absolute Gasteiger partial charge is 0.191 e. The number of amidine groups is 1. The predicted octanol–water partition coefficient (Wildman–Crippen LogP) is 1.35. The summed E-state index contributed by atoms with van der Waals surface area (Å²) in [6, 6.07) is 9.09. The first-order valence-electron chi connectivity index (χ1n) is 3.58. The van der Waals surface area contributed by atoms with Crippen molar-refractivity contribution >= 4 is 17.7 Å². The number of benzene rings is 1. The molecule has 5 nitrogen and oxygen atoms in total. The molecule has 1 aromatic rings. The van der Waals surface area contributed by atoms with Crippen LogP contribution in [0.5, 0.6) is 0 Å². The fourth-order valence-electron chi connectivity index (χ4n) is 0.807. The monoisotopic (exact) mass is 179 g/mol. The number of hydrogen-bond acceptors (Lipinski definition) is 4. The Morgan fingerprint density at radius 3 is 2.46 bits per heavy atom. The first-order chi connectivity index (χ1) is 6.36. The lowest BCUT2D eigenvalue weighted by Crippen LogP contribution is -2.13. The first kappa shape index (κ1) is 9.05. The average Bonchev–Trinajstić information content (AvgIpc) is 2.19. The fourth-order valence-corrected chi connectivity index (χ4v) is 0.807. The molecule has 3 N–H and O–H groups in total. The third kappa shape index (κ3) is 2.82. The molecule has 0 aliphatic rings. The van der Waals surface area contributed by atoms with E-state index in [1.165, 1.54) is 0 Å². The topological polar surface area (TPSA) is 77.2 Å². The van der Waals surface area contributed by atoms with Gasteiger partial charge in [-0.3, -0.25) is 0 Å². The van der Waals surface area contributed by atoms with E-state index in [0.29, 0.717) is 0 Å². The summed E-state index contributed by atoms with van der Waals surface area (Å²) in [4.78, 5) is 0. The van der Waals surface area contributed by atoms with Crippen molar-refractivity contribution in [1.29, 1.82) is 0 Å². The van der Waals surface area contributed by atoms with Crippen LogP contribution in [-0.4, -0.2) is 22.5 Å².